The lowest BCUT2D eigenvalue weighted by atomic mass is 10.4. The molecule has 23 heavy (non-hydrogen) atoms. The molecule has 1 heterocycles. The highest BCUT2D eigenvalue weighted by Gasteiger charge is 2.50. The van der Waals surface area contributed by atoms with Gasteiger partial charge in [0.15, 0.2) is 0 Å². The van der Waals surface area contributed by atoms with Crippen molar-refractivity contribution >= 4 is 17.5 Å². The van der Waals surface area contributed by atoms with Gasteiger partial charge in [-0.2, -0.15) is 0 Å². The summed E-state index contributed by atoms with van der Waals surface area (Å²) in [5.41, 5.74) is 0. The van der Waals surface area contributed by atoms with Gasteiger partial charge in [0.2, 0.25) is 0 Å². The lowest BCUT2D eigenvalue weighted by Gasteiger charge is -2.44. The fourth-order valence-corrected chi connectivity index (χ4v) is 9.43. The first-order chi connectivity index (χ1) is 11.0. The summed E-state index contributed by atoms with van der Waals surface area (Å²) in [5.74, 6) is 0. The van der Waals surface area contributed by atoms with Crippen LogP contribution in [0.1, 0.15) is 13.8 Å². The van der Waals surface area contributed by atoms with Crippen LogP contribution in [0.2, 0.25) is 12.1 Å². The maximum atomic E-state index is 6.25. The van der Waals surface area contributed by atoms with Crippen LogP contribution in [0, 0.1) is 0 Å². The molecule has 0 aromatic rings. The van der Waals surface area contributed by atoms with Crippen molar-refractivity contribution in [2.24, 2.45) is 0 Å². The van der Waals surface area contributed by atoms with Gasteiger partial charge >= 0.3 is 17.5 Å². The average molecular weight is 367 g/mol. The van der Waals surface area contributed by atoms with Gasteiger partial charge in [-0.3, -0.25) is 4.57 Å². The summed E-state index contributed by atoms with van der Waals surface area (Å²) in [6, 6.07) is 1.50. The lowest BCUT2D eigenvalue weighted by molar-refractivity contribution is 0.0899. The molecular weight excluding hydrogens is 332 g/mol. The van der Waals surface area contributed by atoms with Crippen molar-refractivity contribution in [2.45, 2.75) is 25.9 Å². The molecule has 1 fully saturated rings. The first-order valence-electron chi connectivity index (χ1n) is 8.38. The van der Waals surface area contributed by atoms with E-state index >= 15 is 0 Å². The van der Waals surface area contributed by atoms with Crippen LogP contribution < -0.4 is 0 Å². The molecule has 0 saturated carbocycles. The fraction of sp³-hybridized carbons (Fsp3) is 1.00. The molecule has 0 amide bonds. The monoisotopic (exact) mass is 366 g/mol. The van der Waals surface area contributed by atoms with Gasteiger partial charge in [-0.1, -0.05) is 0 Å². The van der Waals surface area contributed by atoms with Crippen LogP contribution in [0.5, 0.6) is 0 Å². The van der Waals surface area contributed by atoms with Crippen molar-refractivity contribution in [3.8, 4) is 0 Å². The van der Waals surface area contributed by atoms with E-state index in [1.165, 1.54) is 0 Å². The van der Waals surface area contributed by atoms with Crippen LogP contribution in [0.4, 0.5) is 0 Å². The number of likely N-dealkylation sites (N-methyl/N-ethyl adjacent to an activating group) is 1. The molecule has 0 N–H and O–H groups in total. The number of piperazine rings is 1. The topological polar surface area (TPSA) is 52.6 Å². The summed E-state index contributed by atoms with van der Waals surface area (Å²) in [6.07, 6.45) is 0. The lowest BCUT2D eigenvalue weighted by Crippen LogP contribution is -2.64. The van der Waals surface area contributed by atoms with Crippen LogP contribution in [-0.4, -0.2) is 94.8 Å². The van der Waals surface area contributed by atoms with Crippen LogP contribution in [0.3, 0.4) is 0 Å². The van der Waals surface area contributed by atoms with Gasteiger partial charge < -0.3 is 27.0 Å². The Morgan fingerprint density at radius 1 is 0.783 bits per heavy atom. The summed E-state index contributed by atoms with van der Waals surface area (Å²) >= 11 is 0. The molecule has 1 aliphatic rings. The summed E-state index contributed by atoms with van der Waals surface area (Å²) in [5, 5.41) is 0. The van der Waals surface area contributed by atoms with E-state index in [2.05, 4.69) is 16.5 Å². The third kappa shape index (κ3) is 5.58. The molecule has 0 aliphatic carbocycles. The zero-order valence-electron chi connectivity index (χ0n) is 15.6. The Hall–Kier alpha value is 0.154. The third-order valence-electron chi connectivity index (χ3n) is 4.40. The van der Waals surface area contributed by atoms with Crippen molar-refractivity contribution in [1.29, 1.82) is 0 Å². The molecule has 0 aromatic carbocycles. The molecule has 0 spiro atoms. The smallest absolute Gasteiger partial charge is 0.383 e. The van der Waals surface area contributed by atoms with Gasteiger partial charge in [0.1, 0.15) is 0 Å². The largest absolute Gasteiger partial charge is 0.500 e. The molecule has 1 rings (SSSR count). The van der Waals surface area contributed by atoms with Crippen LogP contribution >= 0.6 is 0 Å². The predicted octanol–water partition coefficient (Wildman–Crippen LogP) is 1.12. The molecular formula is C14H34N2O5Si2. The molecule has 0 atom stereocenters. The van der Waals surface area contributed by atoms with E-state index in [-0.39, 0.29) is 0 Å². The second-order valence-electron chi connectivity index (χ2n) is 5.66. The molecule has 0 bridgehead atoms. The van der Waals surface area contributed by atoms with Crippen LogP contribution in [0.25, 0.3) is 0 Å². The minimum atomic E-state index is -2.62. The van der Waals surface area contributed by atoms with E-state index in [9.17, 15) is 0 Å². The van der Waals surface area contributed by atoms with Crippen molar-refractivity contribution in [3.63, 3.8) is 0 Å². The Labute approximate surface area is 143 Å². The SMILES string of the molecule is CCO[Si](CC[Si](OC)(OC)OC)(OCC)N1CCN(C)CC1. The molecule has 138 valence electrons. The Balaban J connectivity index is 2.89. The summed E-state index contributed by atoms with van der Waals surface area (Å²) < 4.78 is 31.7. The molecule has 0 unspecified atom stereocenters. The number of nitrogens with zero attached hydrogens (tertiary/aromatic N) is 2. The highest BCUT2D eigenvalue weighted by atomic mass is 28.4. The van der Waals surface area contributed by atoms with Crippen molar-refractivity contribution < 1.29 is 22.1 Å². The number of rotatable bonds is 11. The zero-order valence-corrected chi connectivity index (χ0v) is 17.6. The maximum absolute atomic E-state index is 6.25. The first kappa shape index (κ1) is 21.2. The van der Waals surface area contributed by atoms with Gasteiger partial charge in [0, 0.05) is 72.8 Å². The van der Waals surface area contributed by atoms with Gasteiger partial charge in [0.25, 0.3) is 0 Å². The van der Waals surface area contributed by atoms with Crippen LogP contribution in [-0.2, 0) is 22.1 Å². The fourth-order valence-electron chi connectivity index (χ4n) is 2.99. The maximum Gasteiger partial charge on any atom is 0.500 e. The zero-order chi connectivity index (χ0) is 17.3. The van der Waals surface area contributed by atoms with Crippen molar-refractivity contribution in [3.05, 3.63) is 0 Å². The van der Waals surface area contributed by atoms with Crippen molar-refractivity contribution in [1.82, 2.24) is 9.47 Å². The van der Waals surface area contributed by atoms with Gasteiger partial charge in [-0.05, 0) is 20.9 Å². The standard InChI is InChI=1S/C14H34N2O5Si2/c1-7-20-22(21-8-2,16-11-9-15(3)10-12-16)13-14-23(17-4,18-5)19-6/h7-14H2,1-6H3. The Bertz CT molecular complexity index is 312. The minimum Gasteiger partial charge on any atom is -0.383 e. The minimum absolute atomic E-state index is 0.653. The van der Waals surface area contributed by atoms with Gasteiger partial charge in [-0.15, -0.1) is 0 Å². The van der Waals surface area contributed by atoms with E-state index in [1.54, 1.807) is 21.3 Å². The Morgan fingerprint density at radius 2 is 1.26 bits per heavy atom. The highest BCUT2D eigenvalue weighted by molar-refractivity contribution is 6.68. The second kappa shape index (κ2) is 10.2. The van der Waals surface area contributed by atoms with E-state index in [1.807, 2.05) is 13.8 Å². The predicted molar refractivity (Wildman–Crippen MR) is 94.5 cm³/mol. The molecule has 0 aromatic heterocycles. The van der Waals surface area contributed by atoms with E-state index < -0.39 is 17.5 Å². The molecule has 0 radical (unpaired) electrons. The number of hydrogen-bond acceptors (Lipinski definition) is 7. The summed E-state index contributed by atoms with van der Waals surface area (Å²) in [6.45, 7) is 9.40. The van der Waals surface area contributed by atoms with Crippen molar-refractivity contribution in [2.75, 3.05) is 67.8 Å². The third-order valence-corrected chi connectivity index (χ3v) is 11.4. The number of hydrogen-bond donors (Lipinski definition) is 0. The molecule has 1 saturated heterocycles. The Kier molecular flexibility index (Phi) is 9.41. The second-order valence-corrected chi connectivity index (χ2v) is 11.9. The average Bonchev–Trinajstić information content (AvgIpc) is 2.57. The van der Waals surface area contributed by atoms with Gasteiger partial charge in [0.05, 0.1) is 0 Å². The molecule has 7 nitrogen and oxygen atoms in total. The highest BCUT2D eigenvalue weighted by Crippen LogP contribution is 2.27. The van der Waals surface area contributed by atoms with Crippen LogP contribution in [0.15, 0.2) is 0 Å². The Morgan fingerprint density at radius 3 is 1.65 bits per heavy atom. The van der Waals surface area contributed by atoms with E-state index in [4.69, 9.17) is 22.1 Å². The first-order valence-corrected chi connectivity index (χ1v) is 12.3. The summed E-state index contributed by atoms with van der Waals surface area (Å²) in [7, 11) is 2.00. The normalized spacial score (nSPS) is 18.5. The summed E-state index contributed by atoms with van der Waals surface area (Å²) in [4.78, 5) is 2.34. The van der Waals surface area contributed by atoms with E-state index in [0.717, 1.165) is 32.2 Å². The quantitative estimate of drug-likeness (QED) is 0.508. The van der Waals surface area contributed by atoms with Gasteiger partial charge in [-0.25, -0.2) is 0 Å². The van der Waals surface area contributed by atoms with E-state index in [0.29, 0.717) is 19.3 Å². The molecule has 1 aliphatic heterocycles. The molecule has 9 heteroatoms.